The second kappa shape index (κ2) is 2.54. The van der Waals surface area contributed by atoms with E-state index in [-0.39, 0.29) is 20.3 Å². The molecule has 0 saturated carbocycles. The summed E-state index contributed by atoms with van der Waals surface area (Å²) >= 11 is 0. The molecule has 0 aromatic carbocycles. The molecule has 0 aliphatic carbocycles. The van der Waals surface area contributed by atoms with Crippen molar-refractivity contribution in [3.63, 3.8) is 0 Å². The van der Waals surface area contributed by atoms with E-state index in [1.165, 1.54) is 0 Å². The van der Waals surface area contributed by atoms with Crippen LogP contribution in [0.15, 0.2) is 0 Å². The fourth-order valence-corrected chi connectivity index (χ4v) is 0. The third-order valence-electron chi connectivity index (χ3n) is 0. The van der Waals surface area contributed by atoms with E-state index in [1.807, 2.05) is 0 Å². The zero-order valence-electron chi connectivity index (χ0n) is 3.09. The molecule has 6 heavy (non-hydrogen) atoms. The SMILES string of the molecule is F[B-](F)(F)F.[H+].[LiH]. The number of rotatable bonds is 0. The topological polar surface area (TPSA) is 0 Å². The van der Waals surface area contributed by atoms with Crippen molar-refractivity contribution < 1.29 is 18.7 Å². The van der Waals surface area contributed by atoms with Crippen LogP contribution in [-0.2, 0) is 0 Å². The minimum absolute atomic E-state index is 0. The first-order valence-electron chi connectivity index (χ1n) is 0.873. The van der Waals surface area contributed by atoms with Crippen molar-refractivity contribution in [3.8, 4) is 0 Å². The van der Waals surface area contributed by atoms with Gasteiger partial charge in [0, 0.05) is 0 Å². The normalized spacial score (nSPS) is 10.0. The average Bonchev–Trinajstić information content (AvgIpc) is 0.722. The van der Waals surface area contributed by atoms with E-state index in [9.17, 15) is 17.3 Å². The molecular weight excluding hydrogens is 93.7 g/mol. The van der Waals surface area contributed by atoms with Gasteiger partial charge in [-0.2, -0.15) is 0 Å². The molecule has 0 radical (unpaired) electrons. The molecule has 0 nitrogen and oxygen atoms in total. The van der Waals surface area contributed by atoms with Crippen LogP contribution in [0.5, 0.6) is 0 Å². The van der Waals surface area contributed by atoms with Gasteiger partial charge in [-0.3, -0.25) is 0 Å². The Hall–Kier alpha value is 0.382. The standard InChI is InChI=1S/BF4.Li.H/c2-1(3,4)5;;/q-1;;/p+1. The van der Waals surface area contributed by atoms with Crippen LogP contribution in [0.25, 0.3) is 0 Å². The van der Waals surface area contributed by atoms with Gasteiger partial charge < -0.3 is 17.3 Å². The van der Waals surface area contributed by atoms with Gasteiger partial charge in [-0.15, -0.1) is 0 Å². The van der Waals surface area contributed by atoms with Crippen molar-refractivity contribution >= 4 is 26.1 Å². The van der Waals surface area contributed by atoms with E-state index >= 15 is 0 Å². The monoisotopic (exact) mass is 96.0 g/mol. The summed E-state index contributed by atoms with van der Waals surface area (Å²) in [7, 11) is -6.00. The first kappa shape index (κ1) is 9.63. The number of halogens is 4. The predicted octanol–water partition coefficient (Wildman–Crippen LogP) is 0.764. The van der Waals surface area contributed by atoms with Gasteiger partial charge in [0.05, 0.1) is 0 Å². The van der Waals surface area contributed by atoms with E-state index in [0.717, 1.165) is 0 Å². The molecule has 0 rings (SSSR count). The summed E-state index contributed by atoms with van der Waals surface area (Å²) in [4.78, 5) is 0. The molecule has 0 fully saturated rings. The molecule has 0 aliphatic heterocycles. The van der Waals surface area contributed by atoms with Crippen LogP contribution in [0.1, 0.15) is 1.43 Å². The maximum atomic E-state index is 9.75. The summed E-state index contributed by atoms with van der Waals surface area (Å²) in [6, 6.07) is 0. The van der Waals surface area contributed by atoms with Gasteiger partial charge in [0.25, 0.3) is 0 Å². The van der Waals surface area contributed by atoms with Gasteiger partial charge in [0.1, 0.15) is 0 Å². The Morgan fingerprint density at radius 3 is 1.00 bits per heavy atom. The number of hydrogen-bond acceptors (Lipinski definition) is 0. The molecule has 0 aromatic heterocycles. The Kier molecular flexibility index (Phi) is 4.07. The first-order valence-corrected chi connectivity index (χ1v) is 0.873. The molecule has 0 unspecified atom stereocenters. The quantitative estimate of drug-likeness (QED) is 0.308. The van der Waals surface area contributed by atoms with Crippen LogP contribution < -0.4 is 0 Å². The van der Waals surface area contributed by atoms with Crippen LogP contribution in [0, 0.1) is 0 Å². The molecule has 0 aliphatic rings. The Bertz CT molecular complexity index is 27.2. The van der Waals surface area contributed by atoms with E-state index in [1.54, 1.807) is 0 Å². The zero-order valence-corrected chi connectivity index (χ0v) is 2.09. The molecule has 0 spiro atoms. The Morgan fingerprint density at radius 1 is 1.00 bits per heavy atom. The van der Waals surface area contributed by atoms with E-state index in [4.69, 9.17) is 0 Å². The minimum atomic E-state index is -6.00. The van der Waals surface area contributed by atoms with Gasteiger partial charge in [0.15, 0.2) is 0 Å². The summed E-state index contributed by atoms with van der Waals surface area (Å²) in [6.45, 7) is 0. The van der Waals surface area contributed by atoms with Crippen LogP contribution in [0.4, 0.5) is 17.3 Å². The van der Waals surface area contributed by atoms with Gasteiger partial charge in [0.2, 0.25) is 0 Å². The third kappa shape index (κ3) is 343. The molecule has 0 aromatic rings. The summed E-state index contributed by atoms with van der Waals surface area (Å²) in [5.74, 6) is 0. The fourth-order valence-electron chi connectivity index (χ4n) is 0. The second-order valence-electron chi connectivity index (χ2n) is 0.495. The van der Waals surface area contributed by atoms with Gasteiger partial charge in [-0.05, 0) is 0 Å². The average molecular weight is 95.8 g/mol. The van der Waals surface area contributed by atoms with Crippen molar-refractivity contribution in [1.29, 1.82) is 0 Å². The third-order valence-corrected chi connectivity index (χ3v) is 0. The maximum absolute atomic E-state index is 9.75. The molecule has 0 heterocycles. The summed E-state index contributed by atoms with van der Waals surface area (Å²) in [5.41, 5.74) is 0. The fraction of sp³-hybridized carbons (Fsp3) is 0. The molecule has 0 atom stereocenters. The molecule has 34 valence electrons. The van der Waals surface area contributed by atoms with Crippen molar-refractivity contribution in [2.24, 2.45) is 0 Å². The number of hydrogen-bond donors (Lipinski definition) is 0. The van der Waals surface area contributed by atoms with Crippen molar-refractivity contribution in [3.05, 3.63) is 0 Å². The second-order valence-corrected chi connectivity index (χ2v) is 0.495. The molecule has 0 amide bonds. The van der Waals surface area contributed by atoms with Crippen LogP contribution in [0.3, 0.4) is 0 Å². The van der Waals surface area contributed by atoms with Crippen molar-refractivity contribution in [2.75, 3.05) is 0 Å². The molecular formula is H2BF4Li. The van der Waals surface area contributed by atoms with Crippen molar-refractivity contribution in [2.45, 2.75) is 0 Å². The van der Waals surface area contributed by atoms with Crippen LogP contribution >= 0.6 is 0 Å². The van der Waals surface area contributed by atoms with Gasteiger partial charge in [-0.1, -0.05) is 0 Å². The molecule has 0 bridgehead atoms. The Morgan fingerprint density at radius 2 is 1.00 bits per heavy atom. The molecule has 0 saturated heterocycles. The van der Waals surface area contributed by atoms with Crippen molar-refractivity contribution in [1.82, 2.24) is 0 Å². The first-order chi connectivity index (χ1) is 2.00. The zero-order chi connectivity index (χ0) is 4.50. The van der Waals surface area contributed by atoms with Gasteiger partial charge >= 0.3 is 27.5 Å². The summed E-state index contributed by atoms with van der Waals surface area (Å²) in [6.07, 6.45) is 0. The summed E-state index contributed by atoms with van der Waals surface area (Å²) < 4.78 is 39.0. The van der Waals surface area contributed by atoms with E-state index in [2.05, 4.69) is 0 Å². The van der Waals surface area contributed by atoms with Gasteiger partial charge in [-0.25, -0.2) is 0 Å². The molecule has 0 N–H and O–H groups in total. The van der Waals surface area contributed by atoms with Crippen LogP contribution in [0.2, 0.25) is 0 Å². The summed E-state index contributed by atoms with van der Waals surface area (Å²) in [5, 5.41) is 0. The molecule has 6 heteroatoms. The van der Waals surface area contributed by atoms with Crippen LogP contribution in [-0.4, -0.2) is 26.1 Å². The van der Waals surface area contributed by atoms with E-state index < -0.39 is 7.25 Å². The Labute approximate surface area is 45.7 Å². The predicted molar refractivity (Wildman–Crippen MR) is 18.4 cm³/mol. The van der Waals surface area contributed by atoms with E-state index in [0.29, 0.717) is 0 Å². The Balaban J connectivity index is -0.0000000800.